The molecular weight excluding hydrogens is 256 g/mol. The van der Waals surface area contributed by atoms with Gasteiger partial charge in [-0.3, -0.25) is 0 Å². The van der Waals surface area contributed by atoms with Gasteiger partial charge in [0.05, 0.1) is 0 Å². The molecule has 0 radical (unpaired) electrons. The van der Waals surface area contributed by atoms with E-state index in [0.717, 1.165) is 18.9 Å². The lowest BCUT2D eigenvalue weighted by atomic mass is 10.1. The Labute approximate surface area is 126 Å². The summed E-state index contributed by atoms with van der Waals surface area (Å²) in [5.74, 6) is 0.792. The van der Waals surface area contributed by atoms with Crippen LogP contribution in [0.15, 0.2) is 42.5 Å². The van der Waals surface area contributed by atoms with Gasteiger partial charge in [0, 0.05) is 18.8 Å². The highest BCUT2D eigenvalue weighted by Gasteiger charge is 2.24. The van der Waals surface area contributed by atoms with E-state index in [1.165, 1.54) is 47.5 Å². The lowest BCUT2D eigenvalue weighted by Crippen LogP contribution is -2.24. The van der Waals surface area contributed by atoms with E-state index in [9.17, 15) is 0 Å². The Bertz CT molecular complexity index is 662. The molecule has 1 unspecified atom stereocenters. The molecule has 4 rings (SSSR count). The van der Waals surface area contributed by atoms with Crippen molar-refractivity contribution >= 4 is 5.69 Å². The molecule has 1 aliphatic carbocycles. The van der Waals surface area contributed by atoms with E-state index in [0.29, 0.717) is 0 Å². The predicted molar refractivity (Wildman–Crippen MR) is 88.9 cm³/mol. The molecule has 1 saturated heterocycles. The molecule has 1 atom stereocenters. The summed E-state index contributed by atoms with van der Waals surface area (Å²) in [6, 6.07) is 15.8. The fourth-order valence-corrected chi connectivity index (χ4v) is 3.85. The average Bonchev–Trinajstić information content (AvgIpc) is 3.11. The zero-order valence-electron chi connectivity index (χ0n) is 12.6. The van der Waals surface area contributed by atoms with E-state index in [4.69, 9.17) is 0 Å². The summed E-state index contributed by atoms with van der Waals surface area (Å²) in [6.07, 6.45) is 2.39. The summed E-state index contributed by atoms with van der Waals surface area (Å²) in [6.45, 7) is 3.51. The first-order valence-corrected chi connectivity index (χ1v) is 7.96. The molecular formula is C19H22N2. The second kappa shape index (κ2) is 5.19. The van der Waals surface area contributed by atoms with Crippen LogP contribution < -0.4 is 10.2 Å². The van der Waals surface area contributed by atoms with Gasteiger partial charge in [0.2, 0.25) is 0 Å². The summed E-state index contributed by atoms with van der Waals surface area (Å²) >= 11 is 0. The number of benzene rings is 2. The Balaban J connectivity index is 1.59. The topological polar surface area (TPSA) is 15.3 Å². The molecule has 2 aliphatic rings. The van der Waals surface area contributed by atoms with Gasteiger partial charge in [0.1, 0.15) is 0 Å². The highest BCUT2D eigenvalue weighted by Crippen LogP contribution is 2.38. The molecule has 108 valence electrons. The Hall–Kier alpha value is -1.80. The molecule has 2 nitrogen and oxygen atoms in total. The first kappa shape index (κ1) is 12.9. The Morgan fingerprint density at radius 1 is 1.10 bits per heavy atom. The Morgan fingerprint density at radius 2 is 1.95 bits per heavy atom. The van der Waals surface area contributed by atoms with Crippen LogP contribution in [0.1, 0.15) is 17.5 Å². The SMILES string of the molecule is CNCC1CCN(c2ccc3c(c2)Cc2ccccc2-3)C1. The summed E-state index contributed by atoms with van der Waals surface area (Å²) in [7, 11) is 2.05. The molecule has 2 aromatic carbocycles. The summed E-state index contributed by atoms with van der Waals surface area (Å²) in [4.78, 5) is 2.55. The lowest BCUT2D eigenvalue weighted by Gasteiger charge is -2.20. The third-order valence-corrected chi connectivity index (χ3v) is 4.92. The number of hydrogen-bond acceptors (Lipinski definition) is 2. The van der Waals surface area contributed by atoms with Crippen LogP contribution in [0.5, 0.6) is 0 Å². The normalized spacial score (nSPS) is 19.7. The van der Waals surface area contributed by atoms with Gasteiger partial charge in [0.25, 0.3) is 0 Å². The second-order valence-electron chi connectivity index (χ2n) is 6.33. The molecule has 0 amide bonds. The Kier molecular flexibility index (Phi) is 3.19. The third-order valence-electron chi connectivity index (χ3n) is 4.92. The number of nitrogens with one attached hydrogen (secondary N) is 1. The van der Waals surface area contributed by atoms with Crippen LogP contribution in [0.25, 0.3) is 11.1 Å². The van der Waals surface area contributed by atoms with Crippen molar-refractivity contribution in [1.82, 2.24) is 5.32 Å². The summed E-state index contributed by atoms with van der Waals surface area (Å²) in [5.41, 5.74) is 7.22. The predicted octanol–water partition coefficient (Wildman–Crippen LogP) is 3.30. The van der Waals surface area contributed by atoms with E-state index in [2.05, 4.69) is 59.7 Å². The lowest BCUT2D eigenvalue weighted by molar-refractivity contribution is 0.549. The van der Waals surface area contributed by atoms with E-state index < -0.39 is 0 Å². The molecule has 1 N–H and O–H groups in total. The fourth-order valence-electron chi connectivity index (χ4n) is 3.85. The number of fused-ring (bicyclic) bond motifs is 3. The van der Waals surface area contributed by atoms with Crippen molar-refractivity contribution in [3.05, 3.63) is 53.6 Å². The van der Waals surface area contributed by atoms with Crippen LogP contribution in [-0.4, -0.2) is 26.7 Å². The number of anilines is 1. The molecule has 1 aliphatic heterocycles. The van der Waals surface area contributed by atoms with Crippen LogP contribution in [0, 0.1) is 5.92 Å². The van der Waals surface area contributed by atoms with Gasteiger partial charge in [0.15, 0.2) is 0 Å². The zero-order valence-corrected chi connectivity index (χ0v) is 12.6. The standard InChI is InChI=1S/C19H22N2/c1-20-12-14-8-9-21(13-14)17-6-7-19-16(11-17)10-15-4-2-3-5-18(15)19/h2-7,11,14,20H,8-10,12-13H2,1H3. The zero-order chi connectivity index (χ0) is 14.2. The van der Waals surface area contributed by atoms with Gasteiger partial charge >= 0.3 is 0 Å². The van der Waals surface area contributed by atoms with Gasteiger partial charge in [-0.1, -0.05) is 30.3 Å². The minimum atomic E-state index is 0.792. The third kappa shape index (κ3) is 2.24. The molecule has 2 heteroatoms. The summed E-state index contributed by atoms with van der Waals surface area (Å²) in [5, 5.41) is 3.31. The van der Waals surface area contributed by atoms with E-state index in [-0.39, 0.29) is 0 Å². The van der Waals surface area contributed by atoms with Gasteiger partial charge < -0.3 is 10.2 Å². The van der Waals surface area contributed by atoms with Gasteiger partial charge in [-0.25, -0.2) is 0 Å². The number of nitrogens with zero attached hydrogens (tertiary/aromatic N) is 1. The van der Waals surface area contributed by atoms with E-state index in [1.807, 2.05) is 0 Å². The fraction of sp³-hybridized carbons (Fsp3) is 0.368. The quantitative estimate of drug-likeness (QED) is 0.791. The molecule has 21 heavy (non-hydrogen) atoms. The van der Waals surface area contributed by atoms with E-state index in [1.54, 1.807) is 0 Å². The van der Waals surface area contributed by atoms with Crippen LogP contribution >= 0.6 is 0 Å². The molecule has 0 bridgehead atoms. The minimum absolute atomic E-state index is 0.792. The maximum absolute atomic E-state index is 3.31. The monoisotopic (exact) mass is 278 g/mol. The van der Waals surface area contributed by atoms with Gasteiger partial charge in [-0.2, -0.15) is 0 Å². The van der Waals surface area contributed by atoms with E-state index >= 15 is 0 Å². The molecule has 0 saturated carbocycles. The highest BCUT2D eigenvalue weighted by atomic mass is 15.2. The van der Waals surface area contributed by atoms with Crippen molar-refractivity contribution in [2.24, 2.45) is 5.92 Å². The first-order chi connectivity index (χ1) is 10.3. The first-order valence-electron chi connectivity index (χ1n) is 7.96. The molecule has 2 aromatic rings. The minimum Gasteiger partial charge on any atom is -0.371 e. The molecule has 0 spiro atoms. The van der Waals surface area contributed by atoms with Crippen LogP contribution in [-0.2, 0) is 6.42 Å². The second-order valence-corrected chi connectivity index (χ2v) is 6.33. The van der Waals surface area contributed by atoms with Crippen molar-refractivity contribution in [1.29, 1.82) is 0 Å². The van der Waals surface area contributed by atoms with Crippen molar-refractivity contribution in [3.8, 4) is 11.1 Å². The average molecular weight is 278 g/mol. The van der Waals surface area contributed by atoms with Crippen LogP contribution in [0.2, 0.25) is 0 Å². The molecule has 1 heterocycles. The highest BCUT2D eigenvalue weighted by molar-refractivity contribution is 5.78. The van der Waals surface area contributed by atoms with Gasteiger partial charge in [-0.05, 0) is 66.7 Å². The van der Waals surface area contributed by atoms with Crippen LogP contribution in [0.4, 0.5) is 5.69 Å². The van der Waals surface area contributed by atoms with Crippen LogP contribution in [0.3, 0.4) is 0 Å². The van der Waals surface area contributed by atoms with Crippen molar-refractivity contribution < 1.29 is 0 Å². The molecule has 0 aromatic heterocycles. The van der Waals surface area contributed by atoms with Crippen molar-refractivity contribution in [2.45, 2.75) is 12.8 Å². The maximum atomic E-state index is 3.31. The molecule has 1 fully saturated rings. The largest absolute Gasteiger partial charge is 0.371 e. The summed E-state index contributed by atoms with van der Waals surface area (Å²) < 4.78 is 0. The van der Waals surface area contributed by atoms with Gasteiger partial charge in [-0.15, -0.1) is 0 Å². The Morgan fingerprint density at radius 3 is 2.86 bits per heavy atom. The smallest absolute Gasteiger partial charge is 0.0369 e. The van der Waals surface area contributed by atoms with Crippen molar-refractivity contribution in [3.63, 3.8) is 0 Å². The number of hydrogen-bond donors (Lipinski definition) is 1. The van der Waals surface area contributed by atoms with Crippen molar-refractivity contribution in [2.75, 3.05) is 31.6 Å². The maximum Gasteiger partial charge on any atom is 0.0369 e. The number of rotatable bonds is 3.